The van der Waals surface area contributed by atoms with Crippen molar-refractivity contribution < 1.29 is 0 Å². The van der Waals surface area contributed by atoms with Gasteiger partial charge in [0.15, 0.2) is 0 Å². The van der Waals surface area contributed by atoms with E-state index in [2.05, 4.69) is 69.2 Å². The molecule has 0 saturated carbocycles. The lowest BCUT2D eigenvalue weighted by Crippen LogP contribution is -2.35. The second-order valence-corrected chi connectivity index (χ2v) is 6.51. The van der Waals surface area contributed by atoms with Gasteiger partial charge in [-0.1, -0.05) is 37.6 Å². The number of benzene rings is 1. The molecule has 0 bridgehead atoms. The minimum Gasteiger partial charge on any atom is -0.308 e. The van der Waals surface area contributed by atoms with Gasteiger partial charge < -0.3 is 10.2 Å². The van der Waals surface area contributed by atoms with E-state index in [1.54, 1.807) is 0 Å². The Labute approximate surface area is 119 Å². The molecule has 0 fully saturated rings. The van der Waals surface area contributed by atoms with Gasteiger partial charge in [-0.3, -0.25) is 0 Å². The third-order valence-electron chi connectivity index (χ3n) is 3.19. The fraction of sp³-hybridized carbons (Fsp3) is 0.647. The van der Waals surface area contributed by atoms with E-state index in [1.165, 1.54) is 30.5 Å². The molecular weight excluding hydrogens is 232 g/mol. The highest BCUT2D eigenvalue weighted by atomic mass is 15.1. The van der Waals surface area contributed by atoms with E-state index in [1.807, 2.05) is 0 Å². The van der Waals surface area contributed by atoms with Crippen molar-refractivity contribution in [1.29, 1.82) is 0 Å². The first-order chi connectivity index (χ1) is 8.90. The van der Waals surface area contributed by atoms with Gasteiger partial charge in [0, 0.05) is 18.6 Å². The van der Waals surface area contributed by atoms with Crippen LogP contribution in [0.5, 0.6) is 0 Å². The van der Waals surface area contributed by atoms with Crippen molar-refractivity contribution in [3.05, 3.63) is 35.4 Å². The predicted octanol–water partition coefficient (Wildman–Crippen LogP) is 3.81. The number of rotatable bonds is 7. The van der Waals surface area contributed by atoms with Gasteiger partial charge in [-0.15, -0.1) is 0 Å². The Balaban J connectivity index is 2.43. The third kappa shape index (κ3) is 7.34. The number of unbranched alkanes of at least 4 members (excludes halogenated alkanes) is 1. The van der Waals surface area contributed by atoms with Crippen molar-refractivity contribution >= 4 is 0 Å². The molecule has 1 N–H and O–H groups in total. The molecule has 2 heteroatoms. The van der Waals surface area contributed by atoms with Crippen LogP contribution in [0, 0.1) is 0 Å². The summed E-state index contributed by atoms with van der Waals surface area (Å²) in [7, 11) is 2.20. The highest BCUT2D eigenvalue weighted by molar-refractivity contribution is 5.22. The van der Waals surface area contributed by atoms with Crippen LogP contribution < -0.4 is 5.32 Å². The van der Waals surface area contributed by atoms with Crippen molar-refractivity contribution in [2.24, 2.45) is 0 Å². The normalized spacial score (nSPS) is 12.1. The standard InChI is InChI=1S/C17H30N2/c1-6-7-12-19(5)14-16-10-8-15(9-11-16)13-18-17(2,3)4/h8-11,18H,6-7,12-14H2,1-5H3. The summed E-state index contributed by atoms with van der Waals surface area (Å²) < 4.78 is 0. The summed E-state index contributed by atoms with van der Waals surface area (Å²) in [6.07, 6.45) is 2.55. The Morgan fingerprint density at radius 2 is 1.63 bits per heavy atom. The predicted molar refractivity (Wildman–Crippen MR) is 84.3 cm³/mol. The molecule has 0 unspecified atom stereocenters. The fourth-order valence-corrected chi connectivity index (χ4v) is 1.95. The first-order valence-electron chi connectivity index (χ1n) is 7.42. The Kier molecular flexibility index (Phi) is 6.53. The van der Waals surface area contributed by atoms with Gasteiger partial charge in [0.05, 0.1) is 0 Å². The molecule has 1 rings (SSSR count). The number of hydrogen-bond donors (Lipinski definition) is 1. The first-order valence-corrected chi connectivity index (χ1v) is 7.42. The fourth-order valence-electron chi connectivity index (χ4n) is 1.95. The van der Waals surface area contributed by atoms with Crippen molar-refractivity contribution in [3.63, 3.8) is 0 Å². The summed E-state index contributed by atoms with van der Waals surface area (Å²) in [4.78, 5) is 2.39. The van der Waals surface area contributed by atoms with Gasteiger partial charge >= 0.3 is 0 Å². The van der Waals surface area contributed by atoms with Crippen LogP contribution in [0.2, 0.25) is 0 Å². The summed E-state index contributed by atoms with van der Waals surface area (Å²) in [5.41, 5.74) is 2.94. The summed E-state index contributed by atoms with van der Waals surface area (Å²) in [6, 6.07) is 8.98. The van der Waals surface area contributed by atoms with Crippen LogP contribution in [0.1, 0.15) is 51.7 Å². The average Bonchev–Trinajstić information content (AvgIpc) is 2.34. The molecule has 1 aromatic carbocycles. The largest absolute Gasteiger partial charge is 0.308 e. The maximum atomic E-state index is 3.52. The van der Waals surface area contributed by atoms with E-state index in [-0.39, 0.29) is 5.54 Å². The zero-order valence-electron chi connectivity index (χ0n) is 13.3. The second-order valence-electron chi connectivity index (χ2n) is 6.51. The molecule has 0 amide bonds. The van der Waals surface area contributed by atoms with Crippen LogP contribution in [-0.4, -0.2) is 24.0 Å². The van der Waals surface area contributed by atoms with Gasteiger partial charge in [-0.25, -0.2) is 0 Å². The van der Waals surface area contributed by atoms with Gasteiger partial charge in [0.2, 0.25) is 0 Å². The molecule has 0 spiro atoms. The highest BCUT2D eigenvalue weighted by Gasteiger charge is 2.08. The topological polar surface area (TPSA) is 15.3 Å². The Morgan fingerprint density at radius 1 is 1.05 bits per heavy atom. The lowest BCUT2D eigenvalue weighted by Gasteiger charge is -2.21. The van der Waals surface area contributed by atoms with E-state index in [0.29, 0.717) is 0 Å². The number of hydrogen-bond acceptors (Lipinski definition) is 2. The third-order valence-corrected chi connectivity index (χ3v) is 3.19. The first kappa shape index (κ1) is 16.2. The quantitative estimate of drug-likeness (QED) is 0.804. The van der Waals surface area contributed by atoms with Crippen LogP contribution in [-0.2, 0) is 13.1 Å². The molecule has 0 atom stereocenters. The summed E-state index contributed by atoms with van der Waals surface area (Å²) in [5.74, 6) is 0. The van der Waals surface area contributed by atoms with E-state index >= 15 is 0 Å². The van der Waals surface area contributed by atoms with E-state index in [4.69, 9.17) is 0 Å². The lowest BCUT2D eigenvalue weighted by molar-refractivity contribution is 0.321. The van der Waals surface area contributed by atoms with Crippen molar-refractivity contribution in [1.82, 2.24) is 10.2 Å². The Hall–Kier alpha value is -0.860. The molecular formula is C17H30N2. The Morgan fingerprint density at radius 3 is 2.16 bits per heavy atom. The smallest absolute Gasteiger partial charge is 0.0230 e. The van der Waals surface area contributed by atoms with Crippen LogP contribution in [0.3, 0.4) is 0 Å². The van der Waals surface area contributed by atoms with Crippen molar-refractivity contribution in [3.8, 4) is 0 Å². The molecule has 0 aromatic heterocycles. The summed E-state index contributed by atoms with van der Waals surface area (Å²) in [6.45, 7) is 12.0. The van der Waals surface area contributed by atoms with Gasteiger partial charge in [-0.05, 0) is 51.9 Å². The van der Waals surface area contributed by atoms with Crippen LogP contribution >= 0.6 is 0 Å². The summed E-state index contributed by atoms with van der Waals surface area (Å²) >= 11 is 0. The number of nitrogens with one attached hydrogen (secondary N) is 1. The van der Waals surface area contributed by atoms with E-state index < -0.39 is 0 Å². The molecule has 0 radical (unpaired) electrons. The SMILES string of the molecule is CCCCN(C)Cc1ccc(CNC(C)(C)C)cc1. The zero-order chi connectivity index (χ0) is 14.3. The molecule has 0 saturated heterocycles. The van der Waals surface area contributed by atoms with Crippen molar-refractivity contribution in [2.75, 3.05) is 13.6 Å². The molecule has 0 heterocycles. The van der Waals surface area contributed by atoms with Crippen LogP contribution in [0.25, 0.3) is 0 Å². The second kappa shape index (κ2) is 7.66. The van der Waals surface area contributed by atoms with E-state index in [9.17, 15) is 0 Å². The maximum Gasteiger partial charge on any atom is 0.0230 e. The maximum absolute atomic E-state index is 3.52. The van der Waals surface area contributed by atoms with Crippen LogP contribution in [0.15, 0.2) is 24.3 Å². The number of nitrogens with zero attached hydrogens (tertiary/aromatic N) is 1. The van der Waals surface area contributed by atoms with Gasteiger partial charge in [-0.2, -0.15) is 0 Å². The molecule has 0 aliphatic heterocycles. The minimum atomic E-state index is 0.180. The van der Waals surface area contributed by atoms with Gasteiger partial charge in [0.25, 0.3) is 0 Å². The average molecular weight is 262 g/mol. The molecule has 0 aliphatic rings. The molecule has 19 heavy (non-hydrogen) atoms. The monoisotopic (exact) mass is 262 g/mol. The molecule has 108 valence electrons. The van der Waals surface area contributed by atoms with Crippen LogP contribution in [0.4, 0.5) is 0 Å². The zero-order valence-corrected chi connectivity index (χ0v) is 13.3. The van der Waals surface area contributed by atoms with Gasteiger partial charge in [0.1, 0.15) is 0 Å². The van der Waals surface area contributed by atoms with Crippen molar-refractivity contribution in [2.45, 2.75) is 59.2 Å². The highest BCUT2D eigenvalue weighted by Crippen LogP contribution is 2.09. The molecule has 0 aliphatic carbocycles. The minimum absolute atomic E-state index is 0.180. The molecule has 2 nitrogen and oxygen atoms in total. The lowest BCUT2D eigenvalue weighted by atomic mass is 10.1. The molecule has 1 aromatic rings. The summed E-state index contributed by atoms with van der Waals surface area (Å²) in [5, 5.41) is 3.52. The Bertz CT molecular complexity index is 349. The van der Waals surface area contributed by atoms with E-state index in [0.717, 1.165) is 13.1 Å².